The number of hydrogen-bond donors (Lipinski definition) is 1. The zero-order valence-electron chi connectivity index (χ0n) is 9.92. The highest BCUT2D eigenvalue weighted by Gasteiger charge is 1.99. The van der Waals surface area contributed by atoms with Crippen molar-refractivity contribution in [3.8, 4) is 0 Å². The summed E-state index contributed by atoms with van der Waals surface area (Å²) in [5.74, 6) is 0.589. The van der Waals surface area contributed by atoms with Gasteiger partial charge in [0, 0.05) is 25.9 Å². The Kier molecular flexibility index (Phi) is 5.19. The van der Waals surface area contributed by atoms with Gasteiger partial charge in [-0.2, -0.15) is 0 Å². The maximum absolute atomic E-state index is 5.00. The average molecular weight is 207 g/mol. The largest absolute Gasteiger partial charge is 0.385 e. The molecule has 0 amide bonds. The van der Waals surface area contributed by atoms with Crippen LogP contribution in [-0.2, 0) is 4.74 Å². The second-order valence-electron chi connectivity index (χ2n) is 4.05. The van der Waals surface area contributed by atoms with Crippen LogP contribution in [0.25, 0.3) is 0 Å². The summed E-state index contributed by atoms with van der Waals surface area (Å²) < 4.78 is 5.00. The fraction of sp³-hybridized carbons (Fsp3) is 0.538. The third-order valence-corrected chi connectivity index (χ3v) is 2.41. The van der Waals surface area contributed by atoms with Gasteiger partial charge in [-0.3, -0.25) is 0 Å². The predicted octanol–water partition coefficient (Wildman–Crippen LogP) is 3.26. The van der Waals surface area contributed by atoms with Crippen molar-refractivity contribution in [1.29, 1.82) is 0 Å². The molecule has 1 rings (SSSR count). The van der Waals surface area contributed by atoms with Crippen LogP contribution in [0, 0.1) is 0 Å². The Hall–Kier alpha value is -1.02. The van der Waals surface area contributed by atoms with Gasteiger partial charge >= 0.3 is 0 Å². The van der Waals surface area contributed by atoms with Gasteiger partial charge in [-0.15, -0.1) is 0 Å². The maximum atomic E-state index is 5.00. The van der Waals surface area contributed by atoms with Crippen LogP contribution in [0.15, 0.2) is 24.3 Å². The first-order valence-corrected chi connectivity index (χ1v) is 5.57. The number of hydrogen-bond acceptors (Lipinski definition) is 2. The Morgan fingerprint density at radius 1 is 1.33 bits per heavy atom. The van der Waals surface area contributed by atoms with Crippen LogP contribution in [0.2, 0.25) is 0 Å². The molecule has 1 aromatic carbocycles. The second-order valence-corrected chi connectivity index (χ2v) is 4.05. The van der Waals surface area contributed by atoms with Gasteiger partial charge in [0.05, 0.1) is 0 Å². The van der Waals surface area contributed by atoms with Gasteiger partial charge in [-0.25, -0.2) is 0 Å². The van der Waals surface area contributed by atoms with Gasteiger partial charge in [0.2, 0.25) is 0 Å². The first kappa shape index (κ1) is 12.1. The van der Waals surface area contributed by atoms with Crippen molar-refractivity contribution < 1.29 is 4.74 Å². The Morgan fingerprint density at radius 3 is 2.80 bits per heavy atom. The molecule has 1 aromatic rings. The van der Waals surface area contributed by atoms with E-state index in [0.29, 0.717) is 5.92 Å². The summed E-state index contributed by atoms with van der Waals surface area (Å²) in [5, 5.41) is 3.39. The molecule has 2 heteroatoms. The van der Waals surface area contributed by atoms with Gasteiger partial charge in [0.25, 0.3) is 0 Å². The lowest BCUT2D eigenvalue weighted by molar-refractivity contribution is 0.198. The molecular weight excluding hydrogens is 186 g/mol. The van der Waals surface area contributed by atoms with Crippen molar-refractivity contribution in [2.45, 2.75) is 26.2 Å². The van der Waals surface area contributed by atoms with E-state index in [1.165, 1.54) is 11.3 Å². The molecule has 0 fully saturated rings. The highest BCUT2D eigenvalue weighted by Crippen LogP contribution is 2.18. The third-order valence-electron chi connectivity index (χ3n) is 2.41. The molecule has 0 aliphatic heterocycles. The van der Waals surface area contributed by atoms with Crippen molar-refractivity contribution in [2.24, 2.45) is 0 Å². The molecule has 0 heterocycles. The standard InChI is InChI=1S/C13H21NO/c1-11(2)12-6-4-7-13(10-12)14-8-5-9-15-3/h4,6-7,10-11,14H,5,8-9H2,1-3H3. The van der Waals surface area contributed by atoms with Crippen molar-refractivity contribution >= 4 is 5.69 Å². The molecule has 0 aliphatic rings. The second kappa shape index (κ2) is 6.46. The number of anilines is 1. The number of nitrogens with one attached hydrogen (secondary N) is 1. The zero-order valence-corrected chi connectivity index (χ0v) is 9.92. The lowest BCUT2D eigenvalue weighted by Crippen LogP contribution is -2.04. The minimum atomic E-state index is 0.589. The first-order chi connectivity index (χ1) is 7.24. The van der Waals surface area contributed by atoms with Crippen molar-refractivity contribution in [3.05, 3.63) is 29.8 Å². The van der Waals surface area contributed by atoms with E-state index in [1.54, 1.807) is 7.11 Å². The number of rotatable bonds is 6. The van der Waals surface area contributed by atoms with Gasteiger partial charge in [-0.1, -0.05) is 26.0 Å². The van der Waals surface area contributed by atoms with Crippen LogP contribution in [0.5, 0.6) is 0 Å². The molecule has 15 heavy (non-hydrogen) atoms. The Labute approximate surface area is 92.6 Å². The molecule has 0 unspecified atom stereocenters. The Morgan fingerprint density at radius 2 is 2.13 bits per heavy atom. The van der Waals surface area contributed by atoms with Crippen LogP contribution >= 0.6 is 0 Å². The van der Waals surface area contributed by atoms with Crippen LogP contribution in [0.4, 0.5) is 5.69 Å². The number of methoxy groups -OCH3 is 1. The monoisotopic (exact) mass is 207 g/mol. The van der Waals surface area contributed by atoms with Crippen LogP contribution in [-0.4, -0.2) is 20.3 Å². The highest BCUT2D eigenvalue weighted by atomic mass is 16.5. The summed E-state index contributed by atoms with van der Waals surface area (Å²) in [6, 6.07) is 8.61. The van der Waals surface area contributed by atoms with E-state index in [-0.39, 0.29) is 0 Å². The molecule has 0 aromatic heterocycles. The summed E-state index contributed by atoms with van der Waals surface area (Å²) in [6.45, 7) is 6.21. The molecule has 84 valence electrons. The van der Waals surface area contributed by atoms with Crippen LogP contribution in [0.1, 0.15) is 31.7 Å². The lowest BCUT2D eigenvalue weighted by atomic mass is 10.0. The van der Waals surface area contributed by atoms with Gasteiger partial charge < -0.3 is 10.1 Å². The predicted molar refractivity (Wildman–Crippen MR) is 65.5 cm³/mol. The third kappa shape index (κ3) is 4.34. The lowest BCUT2D eigenvalue weighted by Gasteiger charge is -2.10. The van der Waals surface area contributed by atoms with Crippen LogP contribution in [0.3, 0.4) is 0 Å². The van der Waals surface area contributed by atoms with E-state index in [4.69, 9.17) is 4.74 Å². The summed E-state index contributed by atoms with van der Waals surface area (Å²) in [4.78, 5) is 0. The smallest absolute Gasteiger partial charge is 0.0479 e. The molecule has 0 saturated heterocycles. The molecule has 1 N–H and O–H groups in total. The van der Waals surface area contributed by atoms with E-state index in [0.717, 1.165) is 19.6 Å². The van der Waals surface area contributed by atoms with E-state index in [2.05, 4.69) is 43.4 Å². The van der Waals surface area contributed by atoms with E-state index >= 15 is 0 Å². The average Bonchev–Trinajstić information content (AvgIpc) is 2.25. The highest BCUT2D eigenvalue weighted by molar-refractivity contribution is 5.46. The SMILES string of the molecule is COCCCNc1cccc(C(C)C)c1. The van der Waals surface area contributed by atoms with Crippen molar-refractivity contribution in [2.75, 3.05) is 25.6 Å². The van der Waals surface area contributed by atoms with Crippen molar-refractivity contribution in [3.63, 3.8) is 0 Å². The molecule has 0 aliphatic carbocycles. The number of benzene rings is 1. The van der Waals surface area contributed by atoms with Gasteiger partial charge in [-0.05, 0) is 30.0 Å². The quantitative estimate of drug-likeness (QED) is 0.723. The van der Waals surface area contributed by atoms with Gasteiger partial charge in [0.15, 0.2) is 0 Å². The maximum Gasteiger partial charge on any atom is 0.0479 e. The molecule has 0 atom stereocenters. The molecule has 0 radical (unpaired) electrons. The zero-order chi connectivity index (χ0) is 11.1. The Balaban J connectivity index is 2.43. The molecular formula is C13H21NO. The summed E-state index contributed by atoms with van der Waals surface area (Å²) in [6.07, 6.45) is 1.04. The fourth-order valence-electron chi connectivity index (χ4n) is 1.46. The molecule has 0 saturated carbocycles. The normalized spacial score (nSPS) is 10.7. The van der Waals surface area contributed by atoms with Crippen molar-refractivity contribution in [1.82, 2.24) is 0 Å². The topological polar surface area (TPSA) is 21.3 Å². The fourth-order valence-corrected chi connectivity index (χ4v) is 1.46. The van der Waals surface area contributed by atoms with Gasteiger partial charge in [0.1, 0.15) is 0 Å². The summed E-state index contributed by atoms with van der Waals surface area (Å²) in [5.41, 5.74) is 2.59. The molecule has 0 spiro atoms. The Bertz CT molecular complexity index is 284. The summed E-state index contributed by atoms with van der Waals surface area (Å²) in [7, 11) is 1.74. The number of ether oxygens (including phenoxy) is 1. The van der Waals surface area contributed by atoms with E-state index in [9.17, 15) is 0 Å². The van der Waals surface area contributed by atoms with E-state index < -0.39 is 0 Å². The van der Waals surface area contributed by atoms with E-state index in [1.807, 2.05) is 0 Å². The minimum absolute atomic E-state index is 0.589. The first-order valence-electron chi connectivity index (χ1n) is 5.57. The minimum Gasteiger partial charge on any atom is -0.385 e. The molecule has 0 bridgehead atoms. The van der Waals surface area contributed by atoms with Crippen LogP contribution < -0.4 is 5.32 Å². The molecule has 2 nitrogen and oxygen atoms in total. The summed E-state index contributed by atoms with van der Waals surface area (Å²) >= 11 is 0.